The number of aromatic nitrogens is 1. The van der Waals surface area contributed by atoms with Crippen molar-refractivity contribution in [2.24, 2.45) is 0 Å². The van der Waals surface area contributed by atoms with E-state index in [1.54, 1.807) is 12.1 Å². The second-order valence-electron chi connectivity index (χ2n) is 5.98. The molecule has 1 heterocycles. The van der Waals surface area contributed by atoms with Crippen LogP contribution in [0, 0.1) is 0 Å². The van der Waals surface area contributed by atoms with Crippen LogP contribution in [0.1, 0.15) is 17.5 Å². The maximum absolute atomic E-state index is 12.5. The highest BCUT2D eigenvalue weighted by molar-refractivity contribution is 6.31. The number of halogens is 4. The van der Waals surface area contributed by atoms with E-state index in [4.69, 9.17) is 21.1 Å². The van der Waals surface area contributed by atoms with Gasteiger partial charge in [-0.15, -0.1) is 0 Å². The van der Waals surface area contributed by atoms with Crippen molar-refractivity contribution in [3.05, 3.63) is 58.7 Å². The first-order valence-corrected chi connectivity index (χ1v) is 9.20. The molecule has 1 aromatic carbocycles. The number of nitrogens with zero attached hydrogens (tertiary/aromatic N) is 1. The Hall–Kier alpha value is -3.01. The fraction of sp³-hybridized carbons (Fsp3) is 0.316. The molecule has 2 rings (SSSR count). The molecule has 0 aliphatic rings. The number of pyridine rings is 1. The summed E-state index contributed by atoms with van der Waals surface area (Å²) in [7, 11) is 0. The Balaban J connectivity index is 1.58. The van der Waals surface area contributed by atoms with E-state index in [1.165, 1.54) is 0 Å². The van der Waals surface area contributed by atoms with Crippen LogP contribution < -0.4 is 15.4 Å². The first-order valence-electron chi connectivity index (χ1n) is 8.82. The molecule has 0 unspecified atom stereocenters. The Labute approximate surface area is 175 Å². The SMILES string of the molecule is O=C(CNC(=O)OCc1ccccc1)NCCCOc1ncc(C(F)(F)F)cc1Cl. The molecule has 0 bridgehead atoms. The summed E-state index contributed by atoms with van der Waals surface area (Å²) in [6.45, 7) is 0.121. The smallest absolute Gasteiger partial charge is 0.417 e. The Kier molecular flexibility index (Phi) is 8.72. The molecule has 0 saturated heterocycles. The van der Waals surface area contributed by atoms with Crippen molar-refractivity contribution in [3.8, 4) is 5.88 Å². The maximum Gasteiger partial charge on any atom is 0.417 e. The van der Waals surface area contributed by atoms with E-state index >= 15 is 0 Å². The number of alkyl halides is 3. The first-order chi connectivity index (χ1) is 14.3. The minimum Gasteiger partial charge on any atom is -0.477 e. The molecule has 11 heteroatoms. The lowest BCUT2D eigenvalue weighted by atomic mass is 10.2. The van der Waals surface area contributed by atoms with Gasteiger partial charge in [-0.1, -0.05) is 41.9 Å². The van der Waals surface area contributed by atoms with Crippen LogP contribution >= 0.6 is 11.6 Å². The summed E-state index contributed by atoms with van der Waals surface area (Å²) >= 11 is 5.73. The third-order valence-electron chi connectivity index (χ3n) is 3.62. The van der Waals surface area contributed by atoms with Crippen LogP contribution in [-0.2, 0) is 22.3 Å². The van der Waals surface area contributed by atoms with Gasteiger partial charge in [-0.2, -0.15) is 13.2 Å². The van der Waals surface area contributed by atoms with E-state index in [1.807, 2.05) is 18.2 Å². The highest BCUT2D eigenvalue weighted by atomic mass is 35.5. The predicted octanol–water partition coefficient (Wildman–Crippen LogP) is 3.57. The van der Waals surface area contributed by atoms with Crippen molar-refractivity contribution in [1.82, 2.24) is 15.6 Å². The number of nitrogens with one attached hydrogen (secondary N) is 2. The number of carbonyl (C=O) groups excluding carboxylic acids is 2. The summed E-state index contributed by atoms with van der Waals surface area (Å²) < 4.78 is 47.8. The van der Waals surface area contributed by atoms with Crippen molar-refractivity contribution in [2.75, 3.05) is 19.7 Å². The van der Waals surface area contributed by atoms with E-state index < -0.39 is 23.7 Å². The van der Waals surface area contributed by atoms with Crippen LogP contribution in [0.2, 0.25) is 5.02 Å². The number of alkyl carbamates (subject to hydrolysis) is 1. The lowest BCUT2D eigenvalue weighted by Crippen LogP contribution is -2.37. The average molecular weight is 446 g/mol. The van der Waals surface area contributed by atoms with Gasteiger partial charge in [-0.05, 0) is 18.1 Å². The fourth-order valence-electron chi connectivity index (χ4n) is 2.14. The molecule has 2 N–H and O–H groups in total. The maximum atomic E-state index is 12.5. The van der Waals surface area contributed by atoms with Crippen LogP contribution in [0.25, 0.3) is 0 Å². The molecule has 1 aromatic heterocycles. The molecule has 0 aliphatic carbocycles. The summed E-state index contributed by atoms with van der Waals surface area (Å²) in [5.41, 5.74) is -0.151. The Morgan fingerprint density at radius 2 is 1.87 bits per heavy atom. The van der Waals surface area contributed by atoms with E-state index in [9.17, 15) is 22.8 Å². The largest absolute Gasteiger partial charge is 0.477 e. The lowest BCUT2D eigenvalue weighted by molar-refractivity contribution is -0.137. The first kappa shape index (κ1) is 23.3. The van der Waals surface area contributed by atoms with Crippen LogP contribution in [-0.4, -0.2) is 36.7 Å². The summed E-state index contributed by atoms with van der Waals surface area (Å²) in [5, 5.41) is 4.61. The number of hydrogen-bond donors (Lipinski definition) is 2. The van der Waals surface area contributed by atoms with Crippen molar-refractivity contribution in [3.63, 3.8) is 0 Å². The van der Waals surface area contributed by atoms with Crippen molar-refractivity contribution < 1.29 is 32.2 Å². The van der Waals surface area contributed by atoms with Gasteiger partial charge in [0.15, 0.2) is 0 Å². The summed E-state index contributed by atoms with van der Waals surface area (Å²) in [5.74, 6) is -0.559. The minimum atomic E-state index is -4.54. The number of rotatable bonds is 9. The van der Waals surface area contributed by atoms with E-state index in [-0.39, 0.29) is 37.2 Å². The van der Waals surface area contributed by atoms with Gasteiger partial charge in [0.05, 0.1) is 18.7 Å². The van der Waals surface area contributed by atoms with Crippen molar-refractivity contribution >= 4 is 23.6 Å². The Bertz CT molecular complexity index is 851. The molecular formula is C19H19ClF3N3O4. The summed E-state index contributed by atoms with van der Waals surface area (Å²) in [4.78, 5) is 26.8. The second kappa shape index (κ2) is 11.2. The number of amides is 2. The normalized spacial score (nSPS) is 10.9. The molecule has 30 heavy (non-hydrogen) atoms. The summed E-state index contributed by atoms with van der Waals surface area (Å²) in [6.07, 6.45) is -4.28. The molecule has 0 aliphatic heterocycles. The zero-order valence-corrected chi connectivity index (χ0v) is 16.4. The van der Waals surface area contributed by atoms with Crippen LogP contribution in [0.4, 0.5) is 18.0 Å². The number of carbonyl (C=O) groups is 2. The third-order valence-corrected chi connectivity index (χ3v) is 3.89. The molecule has 0 radical (unpaired) electrons. The second-order valence-corrected chi connectivity index (χ2v) is 6.38. The molecule has 0 fully saturated rings. The van der Waals surface area contributed by atoms with E-state index in [0.717, 1.165) is 11.6 Å². The van der Waals surface area contributed by atoms with Gasteiger partial charge in [0.2, 0.25) is 11.8 Å². The van der Waals surface area contributed by atoms with Gasteiger partial charge >= 0.3 is 12.3 Å². The highest BCUT2D eigenvalue weighted by Gasteiger charge is 2.31. The third kappa shape index (κ3) is 8.16. The molecule has 162 valence electrons. The molecular weight excluding hydrogens is 427 g/mol. The number of benzene rings is 1. The van der Waals surface area contributed by atoms with Crippen molar-refractivity contribution in [1.29, 1.82) is 0 Å². The molecule has 0 spiro atoms. The van der Waals surface area contributed by atoms with E-state index in [2.05, 4.69) is 15.6 Å². The van der Waals surface area contributed by atoms with Crippen LogP contribution in [0.15, 0.2) is 42.6 Å². The standard InChI is InChI=1S/C19H19ClF3N3O4/c20-15-9-14(19(21,22)23)10-25-17(15)29-8-4-7-24-16(27)11-26-18(28)30-12-13-5-2-1-3-6-13/h1-3,5-6,9-10H,4,7-8,11-12H2,(H,24,27)(H,26,28). The Morgan fingerprint density at radius 3 is 2.53 bits per heavy atom. The lowest BCUT2D eigenvalue weighted by Gasteiger charge is -2.11. The summed E-state index contributed by atoms with van der Waals surface area (Å²) in [6, 6.07) is 9.80. The number of hydrogen-bond acceptors (Lipinski definition) is 5. The fourth-order valence-corrected chi connectivity index (χ4v) is 2.37. The number of ether oxygens (including phenoxy) is 2. The zero-order valence-electron chi connectivity index (χ0n) is 15.7. The minimum absolute atomic E-state index is 0.0743. The van der Waals surface area contributed by atoms with Gasteiger partial charge in [-0.25, -0.2) is 9.78 Å². The topological polar surface area (TPSA) is 89.6 Å². The molecule has 2 amide bonds. The van der Waals surface area contributed by atoms with Crippen molar-refractivity contribution in [2.45, 2.75) is 19.2 Å². The van der Waals surface area contributed by atoms with Gasteiger partial charge in [-0.3, -0.25) is 4.79 Å². The van der Waals surface area contributed by atoms with Gasteiger partial charge in [0, 0.05) is 12.7 Å². The highest BCUT2D eigenvalue weighted by Crippen LogP contribution is 2.33. The molecule has 7 nitrogen and oxygen atoms in total. The Morgan fingerprint density at radius 1 is 1.13 bits per heavy atom. The molecule has 2 aromatic rings. The van der Waals surface area contributed by atoms with Crippen LogP contribution in [0.3, 0.4) is 0 Å². The monoisotopic (exact) mass is 445 g/mol. The van der Waals surface area contributed by atoms with Gasteiger partial charge in [0.25, 0.3) is 0 Å². The van der Waals surface area contributed by atoms with Gasteiger partial charge in [0.1, 0.15) is 11.6 Å². The quantitative estimate of drug-likeness (QED) is 0.576. The zero-order chi connectivity index (χ0) is 22.0. The average Bonchev–Trinajstić information content (AvgIpc) is 2.71. The van der Waals surface area contributed by atoms with Crippen LogP contribution in [0.5, 0.6) is 5.88 Å². The molecule has 0 atom stereocenters. The van der Waals surface area contributed by atoms with E-state index in [0.29, 0.717) is 12.6 Å². The van der Waals surface area contributed by atoms with Gasteiger partial charge < -0.3 is 20.1 Å². The molecule has 0 saturated carbocycles. The predicted molar refractivity (Wildman–Crippen MR) is 102 cm³/mol.